The smallest absolute Gasteiger partial charge is 0.350 e. The normalized spacial score (nSPS) is 12.0. The molecule has 0 amide bonds. The number of benzene rings is 1. The van der Waals surface area contributed by atoms with Crippen molar-refractivity contribution in [1.29, 1.82) is 5.26 Å². The van der Waals surface area contributed by atoms with Gasteiger partial charge in [-0.25, -0.2) is 9.59 Å². The molecule has 0 bridgehead atoms. The number of phenols is 2. The van der Waals surface area contributed by atoms with Crippen molar-refractivity contribution in [3.8, 4) is 17.6 Å². The molecular formula is C15H11NO6S2. The number of phenolic OH excluding ortho intramolecular Hbond substituents is 2. The third-order valence-corrected chi connectivity index (χ3v) is 5.35. The summed E-state index contributed by atoms with van der Waals surface area (Å²) < 4.78 is 9.82. The van der Waals surface area contributed by atoms with Crippen LogP contribution < -0.4 is 0 Å². The molecule has 1 heterocycles. The Bertz CT molecular complexity index is 748. The highest BCUT2D eigenvalue weighted by Crippen LogP contribution is 2.58. The van der Waals surface area contributed by atoms with Crippen LogP contribution in [0.5, 0.6) is 11.5 Å². The number of carbonyl (C=O) groups is 2. The summed E-state index contributed by atoms with van der Waals surface area (Å²) in [5.74, 6) is -1.64. The molecule has 0 saturated heterocycles. The zero-order valence-electron chi connectivity index (χ0n) is 12.1. The van der Waals surface area contributed by atoms with E-state index in [0.717, 1.165) is 29.6 Å². The summed E-state index contributed by atoms with van der Waals surface area (Å²) in [6, 6.07) is 4.40. The molecule has 1 aromatic carbocycles. The second-order valence-electron chi connectivity index (χ2n) is 4.25. The van der Waals surface area contributed by atoms with Gasteiger partial charge in [0.25, 0.3) is 0 Å². The van der Waals surface area contributed by atoms with Crippen molar-refractivity contribution in [3.05, 3.63) is 34.6 Å². The fourth-order valence-corrected chi connectivity index (χ4v) is 4.12. The molecule has 24 heavy (non-hydrogen) atoms. The fraction of sp³-hybridized carbons (Fsp3) is 0.133. The highest BCUT2D eigenvalue weighted by Gasteiger charge is 2.29. The molecular weight excluding hydrogens is 354 g/mol. The molecule has 0 aliphatic carbocycles. The van der Waals surface area contributed by atoms with Crippen molar-refractivity contribution in [3.63, 3.8) is 0 Å². The van der Waals surface area contributed by atoms with Crippen LogP contribution in [0.3, 0.4) is 0 Å². The van der Waals surface area contributed by atoms with E-state index in [4.69, 9.17) is 4.74 Å². The van der Waals surface area contributed by atoms with Crippen LogP contribution in [0, 0.1) is 11.3 Å². The number of aromatic hydroxyl groups is 2. The molecule has 124 valence electrons. The zero-order chi connectivity index (χ0) is 17.7. The zero-order valence-corrected chi connectivity index (χ0v) is 13.8. The minimum Gasteiger partial charge on any atom is -0.507 e. The first-order valence-corrected chi connectivity index (χ1v) is 8.12. The molecule has 0 aromatic heterocycles. The van der Waals surface area contributed by atoms with Gasteiger partial charge in [-0.2, -0.15) is 5.26 Å². The first-order valence-electron chi connectivity index (χ1n) is 6.49. The standard InChI is InChI=1S/C15H11NO6S2/c1-2-11(19)21-5-6-22-14(20)8(7-16)15-23-12-9(17)3-4-10(18)13(12)24-15/h2-4,17-18H,1,5-6H2. The molecule has 2 rings (SSSR count). The largest absolute Gasteiger partial charge is 0.507 e. The van der Waals surface area contributed by atoms with E-state index in [9.17, 15) is 25.1 Å². The van der Waals surface area contributed by atoms with E-state index in [2.05, 4.69) is 11.3 Å². The van der Waals surface area contributed by atoms with Gasteiger partial charge in [-0.15, -0.1) is 0 Å². The predicted molar refractivity (Wildman–Crippen MR) is 86.2 cm³/mol. The van der Waals surface area contributed by atoms with Crippen LogP contribution in [0.15, 0.2) is 44.4 Å². The quantitative estimate of drug-likeness (QED) is 0.266. The van der Waals surface area contributed by atoms with Crippen molar-refractivity contribution in [2.45, 2.75) is 9.79 Å². The molecule has 1 aromatic rings. The molecule has 0 atom stereocenters. The molecule has 1 aliphatic rings. The first kappa shape index (κ1) is 17.8. The second-order valence-corrected chi connectivity index (χ2v) is 6.55. The maximum atomic E-state index is 12.0. The second kappa shape index (κ2) is 7.81. The number of rotatable bonds is 5. The number of nitriles is 1. The van der Waals surface area contributed by atoms with Gasteiger partial charge in [-0.05, 0) is 12.1 Å². The lowest BCUT2D eigenvalue weighted by Gasteiger charge is -2.05. The third kappa shape index (κ3) is 3.84. The monoisotopic (exact) mass is 365 g/mol. The summed E-state index contributed by atoms with van der Waals surface area (Å²) in [5, 5.41) is 28.8. The maximum absolute atomic E-state index is 12.0. The average molecular weight is 365 g/mol. The van der Waals surface area contributed by atoms with Crippen molar-refractivity contribution in [2.24, 2.45) is 0 Å². The Morgan fingerprint density at radius 3 is 2.21 bits per heavy atom. The molecule has 2 N–H and O–H groups in total. The number of carbonyl (C=O) groups excluding carboxylic acids is 2. The van der Waals surface area contributed by atoms with Crippen LogP contribution in [0.4, 0.5) is 0 Å². The minimum atomic E-state index is -0.881. The van der Waals surface area contributed by atoms with E-state index in [1.54, 1.807) is 6.07 Å². The average Bonchev–Trinajstić information content (AvgIpc) is 3.01. The fourth-order valence-electron chi connectivity index (χ4n) is 1.63. The van der Waals surface area contributed by atoms with Gasteiger partial charge >= 0.3 is 11.9 Å². The number of nitrogens with zero attached hydrogens (tertiary/aromatic N) is 1. The van der Waals surface area contributed by atoms with Gasteiger partial charge in [0.05, 0.1) is 14.0 Å². The Balaban J connectivity index is 2.08. The molecule has 1 aliphatic heterocycles. The number of hydrogen-bond donors (Lipinski definition) is 2. The van der Waals surface area contributed by atoms with Crippen molar-refractivity contribution < 1.29 is 29.3 Å². The van der Waals surface area contributed by atoms with E-state index in [0.29, 0.717) is 9.79 Å². The third-order valence-electron chi connectivity index (χ3n) is 2.71. The Hall–Kier alpha value is -2.57. The van der Waals surface area contributed by atoms with E-state index in [1.165, 1.54) is 12.1 Å². The molecule has 0 fully saturated rings. The molecule has 0 unspecified atom stereocenters. The van der Waals surface area contributed by atoms with E-state index < -0.39 is 11.9 Å². The number of fused-ring (bicyclic) bond motifs is 1. The Kier molecular flexibility index (Phi) is 5.78. The topological polar surface area (TPSA) is 117 Å². The predicted octanol–water partition coefficient (Wildman–Crippen LogP) is 2.30. The Labute approximate surface area is 145 Å². The van der Waals surface area contributed by atoms with Crippen LogP contribution in [0.1, 0.15) is 0 Å². The van der Waals surface area contributed by atoms with Crippen LogP contribution in [0.2, 0.25) is 0 Å². The summed E-state index contributed by atoms with van der Waals surface area (Å²) in [4.78, 5) is 23.6. The van der Waals surface area contributed by atoms with Crippen LogP contribution in [-0.2, 0) is 19.1 Å². The molecule has 7 nitrogen and oxygen atoms in total. The van der Waals surface area contributed by atoms with Gasteiger partial charge < -0.3 is 19.7 Å². The number of hydrogen-bond acceptors (Lipinski definition) is 9. The lowest BCUT2D eigenvalue weighted by molar-refractivity contribution is -0.146. The lowest BCUT2D eigenvalue weighted by Crippen LogP contribution is -2.14. The molecule has 0 saturated carbocycles. The van der Waals surface area contributed by atoms with Crippen molar-refractivity contribution >= 4 is 35.5 Å². The lowest BCUT2D eigenvalue weighted by atomic mass is 10.3. The number of thioether (sulfide) groups is 2. The summed E-state index contributed by atoms with van der Waals surface area (Å²) in [6.07, 6.45) is 0.979. The van der Waals surface area contributed by atoms with Crippen LogP contribution in [-0.4, -0.2) is 35.4 Å². The number of esters is 2. The summed E-state index contributed by atoms with van der Waals surface area (Å²) >= 11 is 1.99. The highest BCUT2D eigenvalue weighted by molar-refractivity contribution is 8.24. The van der Waals surface area contributed by atoms with Gasteiger partial charge in [0.1, 0.15) is 30.8 Å². The van der Waals surface area contributed by atoms with Crippen LogP contribution >= 0.6 is 23.5 Å². The highest BCUT2D eigenvalue weighted by atomic mass is 32.2. The van der Waals surface area contributed by atoms with Gasteiger partial charge in [-0.3, -0.25) is 0 Å². The van der Waals surface area contributed by atoms with E-state index >= 15 is 0 Å². The molecule has 0 radical (unpaired) electrons. The van der Waals surface area contributed by atoms with E-state index in [-0.39, 0.29) is 34.5 Å². The number of ether oxygens (including phenoxy) is 2. The molecule has 0 spiro atoms. The Morgan fingerprint density at radius 2 is 1.71 bits per heavy atom. The first-order chi connectivity index (χ1) is 11.5. The Morgan fingerprint density at radius 1 is 1.17 bits per heavy atom. The van der Waals surface area contributed by atoms with Gasteiger partial charge in [0.15, 0.2) is 5.57 Å². The van der Waals surface area contributed by atoms with Crippen molar-refractivity contribution in [1.82, 2.24) is 0 Å². The summed E-state index contributed by atoms with van der Waals surface area (Å²) in [7, 11) is 0. The van der Waals surface area contributed by atoms with Gasteiger partial charge in [0, 0.05) is 6.08 Å². The maximum Gasteiger partial charge on any atom is 0.350 e. The van der Waals surface area contributed by atoms with Gasteiger partial charge in [-0.1, -0.05) is 30.1 Å². The van der Waals surface area contributed by atoms with Crippen molar-refractivity contribution in [2.75, 3.05) is 13.2 Å². The van der Waals surface area contributed by atoms with Gasteiger partial charge in [0.2, 0.25) is 0 Å². The van der Waals surface area contributed by atoms with Crippen LogP contribution in [0.25, 0.3) is 0 Å². The van der Waals surface area contributed by atoms with E-state index in [1.807, 2.05) is 0 Å². The SMILES string of the molecule is C=CC(=O)OCCOC(=O)C(C#N)=C1Sc2c(O)ccc(O)c2S1. The summed E-state index contributed by atoms with van der Waals surface area (Å²) in [6.45, 7) is 2.85. The minimum absolute atomic E-state index is 0.0581. The summed E-state index contributed by atoms with van der Waals surface area (Å²) in [5.41, 5.74) is -0.255. The molecule has 9 heteroatoms.